The fraction of sp³-hybridized carbons (Fsp3) is 0.0476. The maximum absolute atomic E-state index is 12.5. The second-order valence-electron chi connectivity index (χ2n) is 5.82. The van der Waals surface area contributed by atoms with Crippen LogP contribution in [-0.4, -0.2) is 11.7 Å². The summed E-state index contributed by atoms with van der Waals surface area (Å²) < 4.78 is 0. The Bertz CT molecular complexity index is 954. The summed E-state index contributed by atoms with van der Waals surface area (Å²) in [6.45, 7) is 0. The Morgan fingerprint density at radius 1 is 0.808 bits per heavy atom. The molecule has 5 heteroatoms. The van der Waals surface area contributed by atoms with E-state index in [0.717, 1.165) is 0 Å². The molecule has 0 saturated carbocycles. The third kappa shape index (κ3) is 3.79. The number of carbonyl (C=O) groups is 2. The molecule has 3 aromatic rings. The molecule has 1 atom stereocenters. The number of carbonyl (C=O) groups excluding carboxylic acids is 2. The molecule has 0 bridgehead atoms. The number of primary amides is 1. The lowest BCUT2D eigenvalue weighted by molar-refractivity contribution is -0.118. The minimum Gasteiger partial charge on any atom is -0.369 e. The Morgan fingerprint density at radius 2 is 1.42 bits per heavy atom. The molecule has 3 nitrogen and oxygen atoms in total. The molecular formula is C21H15Cl2NO2. The number of hydrogen-bond acceptors (Lipinski definition) is 2. The first kappa shape index (κ1) is 18.2. The Hall–Kier alpha value is -2.62. The molecule has 0 radical (unpaired) electrons. The van der Waals surface area contributed by atoms with Crippen LogP contribution < -0.4 is 5.73 Å². The summed E-state index contributed by atoms with van der Waals surface area (Å²) in [6, 6.07) is 20.7. The van der Waals surface area contributed by atoms with Crippen LogP contribution in [0.15, 0.2) is 72.8 Å². The molecule has 0 spiro atoms. The monoisotopic (exact) mass is 383 g/mol. The van der Waals surface area contributed by atoms with Crippen molar-refractivity contribution in [2.24, 2.45) is 5.73 Å². The maximum atomic E-state index is 12.5. The molecule has 3 aromatic carbocycles. The van der Waals surface area contributed by atoms with E-state index in [4.69, 9.17) is 28.9 Å². The number of halogens is 2. The van der Waals surface area contributed by atoms with Gasteiger partial charge < -0.3 is 5.73 Å². The highest BCUT2D eigenvalue weighted by atomic mass is 35.5. The van der Waals surface area contributed by atoms with Gasteiger partial charge in [-0.1, -0.05) is 83.9 Å². The lowest BCUT2D eigenvalue weighted by Crippen LogP contribution is -2.22. The minimum absolute atomic E-state index is 0.0858. The van der Waals surface area contributed by atoms with Gasteiger partial charge in [-0.05, 0) is 23.3 Å². The van der Waals surface area contributed by atoms with Gasteiger partial charge in [-0.2, -0.15) is 0 Å². The van der Waals surface area contributed by atoms with Gasteiger partial charge in [0.2, 0.25) is 5.91 Å². The van der Waals surface area contributed by atoms with Crippen LogP contribution in [0.4, 0.5) is 0 Å². The molecular weight excluding hydrogens is 369 g/mol. The van der Waals surface area contributed by atoms with Crippen LogP contribution in [0.2, 0.25) is 10.0 Å². The van der Waals surface area contributed by atoms with Crippen LogP contribution in [0.3, 0.4) is 0 Å². The van der Waals surface area contributed by atoms with Gasteiger partial charge in [-0.25, -0.2) is 0 Å². The topological polar surface area (TPSA) is 60.2 Å². The zero-order valence-electron chi connectivity index (χ0n) is 13.7. The van der Waals surface area contributed by atoms with E-state index in [9.17, 15) is 9.59 Å². The van der Waals surface area contributed by atoms with E-state index in [1.807, 2.05) is 18.2 Å². The van der Waals surface area contributed by atoms with Crippen molar-refractivity contribution in [3.05, 3.63) is 105 Å². The van der Waals surface area contributed by atoms with Crippen molar-refractivity contribution in [1.29, 1.82) is 0 Å². The summed E-state index contributed by atoms with van der Waals surface area (Å²) in [5, 5.41) is 0.844. The molecule has 0 aliphatic rings. The predicted octanol–water partition coefficient (Wildman–Crippen LogP) is 4.84. The third-order valence-electron chi connectivity index (χ3n) is 4.10. The second-order valence-corrected chi connectivity index (χ2v) is 6.66. The van der Waals surface area contributed by atoms with E-state index >= 15 is 0 Å². The first-order valence-corrected chi connectivity index (χ1v) is 8.67. The lowest BCUT2D eigenvalue weighted by Gasteiger charge is -2.16. The third-order valence-corrected chi connectivity index (χ3v) is 4.66. The van der Waals surface area contributed by atoms with Crippen LogP contribution in [0.25, 0.3) is 0 Å². The summed E-state index contributed by atoms with van der Waals surface area (Å²) in [5.41, 5.74) is 7.97. The van der Waals surface area contributed by atoms with E-state index in [2.05, 4.69) is 0 Å². The number of rotatable bonds is 5. The zero-order chi connectivity index (χ0) is 18.7. The average Bonchev–Trinajstić information content (AvgIpc) is 2.64. The largest absolute Gasteiger partial charge is 0.369 e. The van der Waals surface area contributed by atoms with Gasteiger partial charge >= 0.3 is 0 Å². The van der Waals surface area contributed by atoms with Gasteiger partial charge in [0.1, 0.15) is 0 Å². The van der Waals surface area contributed by atoms with Crippen LogP contribution >= 0.6 is 23.2 Å². The number of ketones is 1. The normalized spacial score (nSPS) is 11.8. The van der Waals surface area contributed by atoms with E-state index < -0.39 is 11.8 Å². The van der Waals surface area contributed by atoms with E-state index in [1.165, 1.54) is 0 Å². The maximum Gasteiger partial charge on any atom is 0.229 e. The van der Waals surface area contributed by atoms with Crippen molar-refractivity contribution < 1.29 is 9.59 Å². The molecule has 1 amide bonds. The van der Waals surface area contributed by atoms with Crippen LogP contribution in [0.1, 0.15) is 33.0 Å². The van der Waals surface area contributed by atoms with Gasteiger partial charge in [0, 0.05) is 21.2 Å². The molecule has 0 aromatic heterocycles. The Kier molecular flexibility index (Phi) is 5.40. The Labute approximate surface area is 161 Å². The van der Waals surface area contributed by atoms with E-state index in [0.29, 0.717) is 32.3 Å². The van der Waals surface area contributed by atoms with Crippen LogP contribution in [-0.2, 0) is 4.79 Å². The first-order valence-electron chi connectivity index (χ1n) is 7.91. The summed E-state index contributed by atoms with van der Waals surface area (Å²) in [5.74, 6) is -1.34. The van der Waals surface area contributed by atoms with Crippen molar-refractivity contribution in [3.8, 4) is 0 Å². The summed E-state index contributed by atoms with van der Waals surface area (Å²) in [6.07, 6.45) is 0. The van der Waals surface area contributed by atoms with Crippen molar-refractivity contribution in [2.45, 2.75) is 5.92 Å². The number of nitrogens with two attached hydrogens (primary N) is 1. The van der Waals surface area contributed by atoms with Gasteiger partial charge in [0.15, 0.2) is 5.78 Å². The standard InChI is InChI=1S/C21H15Cl2NO2/c22-16-10-11-17(18(23)12-16)19(21(24)26)13-6-8-15(9-7-13)20(25)14-4-2-1-3-5-14/h1-12,19H,(H2,24,26)/t19-/m0/s1. The van der Waals surface area contributed by atoms with E-state index in [1.54, 1.807) is 54.6 Å². The summed E-state index contributed by atoms with van der Waals surface area (Å²) in [4.78, 5) is 24.5. The first-order chi connectivity index (χ1) is 12.5. The quantitative estimate of drug-likeness (QED) is 0.640. The highest BCUT2D eigenvalue weighted by Crippen LogP contribution is 2.32. The van der Waals surface area contributed by atoms with Crippen molar-refractivity contribution >= 4 is 34.9 Å². The molecule has 0 aliphatic carbocycles. The minimum atomic E-state index is -0.722. The van der Waals surface area contributed by atoms with Gasteiger partial charge in [0.25, 0.3) is 0 Å². The number of amides is 1. The number of hydrogen-bond donors (Lipinski definition) is 1. The fourth-order valence-corrected chi connectivity index (χ4v) is 3.33. The van der Waals surface area contributed by atoms with Crippen molar-refractivity contribution in [3.63, 3.8) is 0 Å². The van der Waals surface area contributed by atoms with Crippen molar-refractivity contribution in [2.75, 3.05) is 0 Å². The fourth-order valence-electron chi connectivity index (χ4n) is 2.82. The molecule has 3 rings (SSSR count). The summed E-state index contributed by atoms with van der Waals surface area (Å²) >= 11 is 12.2. The summed E-state index contributed by atoms with van der Waals surface area (Å²) in [7, 11) is 0. The molecule has 0 aliphatic heterocycles. The van der Waals surface area contributed by atoms with Gasteiger partial charge in [0.05, 0.1) is 5.92 Å². The average molecular weight is 384 g/mol. The van der Waals surface area contributed by atoms with Gasteiger partial charge in [-0.15, -0.1) is 0 Å². The SMILES string of the molecule is NC(=O)[C@@H](c1ccc(C(=O)c2ccccc2)cc1)c1ccc(Cl)cc1Cl. The highest BCUT2D eigenvalue weighted by Gasteiger charge is 2.23. The lowest BCUT2D eigenvalue weighted by atomic mass is 9.89. The van der Waals surface area contributed by atoms with Crippen LogP contribution in [0, 0.1) is 0 Å². The highest BCUT2D eigenvalue weighted by molar-refractivity contribution is 6.35. The molecule has 0 unspecified atom stereocenters. The molecule has 130 valence electrons. The molecule has 0 heterocycles. The Morgan fingerprint density at radius 3 is 2.00 bits per heavy atom. The van der Waals surface area contributed by atoms with E-state index in [-0.39, 0.29) is 5.78 Å². The predicted molar refractivity (Wildman–Crippen MR) is 104 cm³/mol. The smallest absolute Gasteiger partial charge is 0.229 e. The van der Waals surface area contributed by atoms with Crippen molar-refractivity contribution in [1.82, 2.24) is 0 Å². The molecule has 0 fully saturated rings. The number of benzene rings is 3. The second kappa shape index (κ2) is 7.73. The zero-order valence-corrected chi connectivity index (χ0v) is 15.2. The Balaban J connectivity index is 1.95. The molecule has 26 heavy (non-hydrogen) atoms. The van der Waals surface area contributed by atoms with Gasteiger partial charge in [-0.3, -0.25) is 9.59 Å². The van der Waals surface area contributed by atoms with Crippen LogP contribution in [0.5, 0.6) is 0 Å². The molecule has 0 saturated heterocycles. The molecule has 2 N–H and O–H groups in total.